The van der Waals surface area contributed by atoms with E-state index < -0.39 is 42.5 Å². The lowest BCUT2D eigenvalue weighted by Crippen LogP contribution is -2.41. The van der Waals surface area contributed by atoms with Crippen molar-refractivity contribution in [1.82, 2.24) is 10.2 Å². The maximum atomic E-state index is 12.6. The smallest absolute Gasteiger partial charge is 0.306 e. The van der Waals surface area contributed by atoms with Crippen molar-refractivity contribution in [3.63, 3.8) is 0 Å². The van der Waals surface area contributed by atoms with Crippen molar-refractivity contribution in [2.75, 3.05) is 7.05 Å². The predicted octanol–water partition coefficient (Wildman–Crippen LogP) is -0.395. The molecule has 0 radical (unpaired) electrons. The summed E-state index contributed by atoms with van der Waals surface area (Å²) >= 11 is 0. The second kappa shape index (κ2) is 6.16. The molecule has 1 N–H and O–H groups in total. The van der Waals surface area contributed by atoms with E-state index in [0.29, 0.717) is 0 Å². The van der Waals surface area contributed by atoms with Crippen LogP contribution in [0.15, 0.2) is 0 Å². The van der Waals surface area contributed by atoms with Crippen LogP contribution >= 0.6 is 0 Å². The zero-order valence-electron chi connectivity index (χ0n) is 14.9. The number of esters is 1. The SMILES string of the molecule is [2H]C1C(OC(=O)CCC(=O)NC)C2OC1C1C(=O)N(C(C)C)C(=O)C21. The molecule has 0 saturated carbocycles. The van der Waals surface area contributed by atoms with Crippen LogP contribution in [0.3, 0.4) is 0 Å². The van der Waals surface area contributed by atoms with Gasteiger partial charge in [0.1, 0.15) is 12.2 Å². The molecule has 6 atom stereocenters. The molecular formula is C16H22N2O6. The topological polar surface area (TPSA) is 102 Å². The molecular weight excluding hydrogens is 316 g/mol. The average molecular weight is 339 g/mol. The van der Waals surface area contributed by atoms with Crippen molar-refractivity contribution in [1.29, 1.82) is 0 Å². The zero-order valence-corrected chi connectivity index (χ0v) is 13.9. The largest absolute Gasteiger partial charge is 0.459 e. The molecule has 8 nitrogen and oxygen atoms in total. The van der Waals surface area contributed by atoms with Gasteiger partial charge in [-0.15, -0.1) is 0 Å². The normalized spacial score (nSPS) is 37.7. The molecule has 3 fully saturated rings. The molecule has 0 spiro atoms. The molecule has 6 unspecified atom stereocenters. The highest BCUT2D eigenvalue weighted by molar-refractivity contribution is 6.06. The van der Waals surface area contributed by atoms with Crippen LogP contribution < -0.4 is 5.32 Å². The maximum Gasteiger partial charge on any atom is 0.306 e. The van der Waals surface area contributed by atoms with E-state index in [0.717, 1.165) is 0 Å². The third-order valence-corrected chi connectivity index (χ3v) is 4.78. The van der Waals surface area contributed by atoms with E-state index >= 15 is 0 Å². The Bertz CT molecular complexity index is 624. The third-order valence-electron chi connectivity index (χ3n) is 4.78. The highest BCUT2D eigenvalue weighted by Gasteiger charge is 2.66. The fourth-order valence-electron chi connectivity index (χ4n) is 3.69. The maximum absolute atomic E-state index is 12.6. The Balaban J connectivity index is 1.70. The summed E-state index contributed by atoms with van der Waals surface area (Å²) in [6, 6.07) is -0.261. The van der Waals surface area contributed by atoms with Gasteiger partial charge in [-0.25, -0.2) is 0 Å². The molecule has 0 aliphatic carbocycles. The Kier molecular flexibility index (Phi) is 3.99. The number of fused-ring (bicyclic) bond motifs is 5. The van der Waals surface area contributed by atoms with Gasteiger partial charge >= 0.3 is 5.97 Å². The Morgan fingerprint density at radius 3 is 2.62 bits per heavy atom. The van der Waals surface area contributed by atoms with Gasteiger partial charge in [0.15, 0.2) is 0 Å². The zero-order chi connectivity index (χ0) is 18.5. The first kappa shape index (κ1) is 15.6. The molecule has 3 rings (SSSR count). The molecule has 8 heteroatoms. The average Bonchev–Trinajstić information content (AvgIpc) is 3.16. The van der Waals surface area contributed by atoms with Gasteiger partial charge in [-0.05, 0) is 13.8 Å². The first-order valence-electron chi connectivity index (χ1n) is 8.70. The van der Waals surface area contributed by atoms with E-state index in [2.05, 4.69) is 5.32 Å². The van der Waals surface area contributed by atoms with Crippen LogP contribution in [0.1, 0.15) is 34.5 Å². The molecule has 132 valence electrons. The van der Waals surface area contributed by atoms with Crippen molar-refractivity contribution in [2.45, 2.75) is 57.4 Å². The van der Waals surface area contributed by atoms with E-state index in [1.54, 1.807) is 13.8 Å². The number of amides is 3. The highest BCUT2D eigenvalue weighted by Crippen LogP contribution is 2.49. The van der Waals surface area contributed by atoms with E-state index in [-0.39, 0.29) is 36.6 Å². The molecule has 0 aromatic heterocycles. The summed E-state index contributed by atoms with van der Waals surface area (Å²) in [4.78, 5) is 49.5. The quantitative estimate of drug-likeness (QED) is 0.540. The van der Waals surface area contributed by atoms with Gasteiger partial charge in [-0.2, -0.15) is 0 Å². The summed E-state index contributed by atoms with van der Waals surface area (Å²) in [6.45, 7) is 3.52. The van der Waals surface area contributed by atoms with Gasteiger partial charge in [-0.3, -0.25) is 24.1 Å². The fourth-order valence-corrected chi connectivity index (χ4v) is 3.69. The number of carbonyl (C=O) groups is 4. The number of hydrogen-bond donors (Lipinski definition) is 1. The summed E-state index contributed by atoms with van der Waals surface area (Å²) in [5, 5.41) is 2.41. The number of carbonyl (C=O) groups excluding carboxylic acids is 4. The monoisotopic (exact) mass is 339 g/mol. The van der Waals surface area contributed by atoms with Crippen LogP contribution in [0.2, 0.25) is 0 Å². The molecule has 3 aliphatic rings. The predicted molar refractivity (Wildman–Crippen MR) is 80.4 cm³/mol. The fraction of sp³-hybridized carbons (Fsp3) is 0.750. The number of ether oxygens (including phenoxy) is 2. The summed E-state index contributed by atoms with van der Waals surface area (Å²) < 4.78 is 19.2. The minimum atomic E-state index is -0.918. The van der Waals surface area contributed by atoms with E-state index in [9.17, 15) is 19.2 Å². The number of likely N-dealkylation sites (tertiary alicyclic amines) is 1. The van der Waals surface area contributed by atoms with Crippen LogP contribution in [0.25, 0.3) is 0 Å². The van der Waals surface area contributed by atoms with Crippen molar-refractivity contribution in [3.05, 3.63) is 0 Å². The minimum absolute atomic E-state index is 0.00965. The van der Waals surface area contributed by atoms with Crippen LogP contribution in [-0.4, -0.2) is 60.0 Å². The summed E-state index contributed by atoms with van der Waals surface area (Å²) in [7, 11) is 1.47. The molecule has 3 heterocycles. The molecule has 3 aliphatic heterocycles. The second-order valence-corrected chi connectivity index (χ2v) is 6.58. The highest BCUT2D eigenvalue weighted by atomic mass is 16.6. The summed E-state index contributed by atoms with van der Waals surface area (Å²) in [5.74, 6) is -2.89. The first-order chi connectivity index (χ1) is 11.8. The summed E-state index contributed by atoms with van der Waals surface area (Å²) in [6.07, 6.45) is -3.45. The number of rotatable bonds is 5. The van der Waals surface area contributed by atoms with Crippen molar-refractivity contribution >= 4 is 23.7 Å². The molecule has 3 amide bonds. The van der Waals surface area contributed by atoms with Crippen molar-refractivity contribution in [3.8, 4) is 0 Å². The van der Waals surface area contributed by atoms with Gasteiger partial charge in [0.25, 0.3) is 0 Å². The number of nitrogens with zero attached hydrogens (tertiary/aromatic N) is 1. The van der Waals surface area contributed by atoms with E-state index in [4.69, 9.17) is 10.8 Å². The lowest BCUT2D eigenvalue weighted by molar-refractivity contribution is -0.156. The lowest BCUT2D eigenvalue weighted by Gasteiger charge is -2.25. The molecule has 3 saturated heterocycles. The Morgan fingerprint density at radius 1 is 1.33 bits per heavy atom. The van der Waals surface area contributed by atoms with Crippen molar-refractivity contribution < 1.29 is 30.0 Å². The van der Waals surface area contributed by atoms with Gasteiger partial charge in [-0.1, -0.05) is 0 Å². The minimum Gasteiger partial charge on any atom is -0.459 e. The second-order valence-electron chi connectivity index (χ2n) is 6.58. The summed E-state index contributed by atoms with van der Waals surface area (Å²) in [5.41, 5.74) is 0. The number of nitrogens with one attached hydrogen (secondary N) is 1. The van der Waals surface area contributed by atoms with Crippen molar-refractivity contribution in [2.24, 2.45) is 11.8 Å². The molecule has 0 aromatic carbocycles. The van der Waals surface area contributed by atoms with Gasteiger partial charge in [0.05, 0.1) is 24.4 Å². The molecule has 0 aromatic rings. The van der Waals surface area contributed by atoms with Crippen LogP contribution in [0.4, 0.5) is 0 Å². The molecule has 24 heavy (non-hydrogen) atoms. The Labute approximate surface area is 141 Å². The van der Waals surface area contributed by atoms with Crippen LogP contribution in [0.5, 0.6) is 0 Å². The van der Waals surface area contributed by atoms with Gasteiger partial charge in [0.2, 0.25) is 17.7 Å². The van der Waals surface area contributed by atoms with Crippen LogP contribution in [0, 0.1) is 11.8 Å². The number of imide groups is 1. The Hall–Kier alpha value is -1.96. The van der Waals surface area contributed by atoms with E-state index in [1.165, 1.54) is 11.9 Å². The van der Waals surface area contributed by atoms with Gasteiger partial charge < -0.3 is 14.8 Å². The molecule has 2 bridgehead atoms. The third kappa shape index (κ3) is 2.58. The van der Waals surface area contributed by atoms with Crippen LogP contribution in [-0.2, 0) is 28.7 Å². The van der Waals surface area contributed by atoms with E-state index in [1.807, 2.05) is 0 Å². The Morgan fingerprint density at radius 2 is 2.00 bits per heavy atom. The standard InChI is InChI=1S/C16H22N2O6/c1-7(2)18-15(21)12-8-6-9(14(24-8)13(12)16(18)22)23-11(20)5-4-10(19)17-3/h7-9,12-14H,4-6H2,1-3H3,(H,17,19)/i6D. The number of hydrogen-bond acceptors (Lipinski definition) is 6. The van der Waals surface area contributed by atoms with Gasteiger partial charge in [0, 0.05) is 27.3 Å². The first-order valence-corrected chi connectivity index (χ1v) is 8.12. The lowest BCUT2D eigenvalue weighted by atomic mass is 9.79.